The van der Waals surface area contributed by atoms with Crippen LogP contribution < -0.4 is 25.6 Å². The molecule has 0 spiro atoms. The van der Waals surface area contributed by atoms with Crippen molar-refractivity contribution < 1.29 is 0 Å². The summed E-state index contributed by atoms with van der Waals surface area (Å²) in [5.41, 5.74) is 3.95. The number of benzene rings is 4. The summed E-state index contributed by atoms with van der Waals surface area (Å²) in [6, 6.07) is 38.7. The van der Waals surface area contributed by atoms with E-state index in [9.17, 15) is 0 Å². The van der Waals surface area contributed by atoms with Crippen LogP contribution in [0.15, 0.2) is 103 Å². The number of hydrogen-bond donors (Lipinski definition) is 0. The molecule has 0 N–H and O–H groups in total. The molecule has 31 heavy (non-hydrogen) atoms. The van der Waals surface area contributed by atoms with Gasteiger partial charge in [-0.3, -0.25) is 0 Å². The topological polar surface area (TPSA) is 3.24 Å². The van der Waals surface area contributed by atoms with Crippen LogP contribution in [-0.2, 0) is 0 Å². The molecule has 4 aromatic rings. The van der Waals surface area contributed by atoms with E-state index in [1.54, 1.807) is 0 Å². The van der Waals surface area contributed by atoms with E-state index in [0.717, 1.165) is 0 Å². The predicted octanol–water partition coefficient (Wildman–Crippen LogP) is 4.62. The molecule has 0 radical (unpaired) electrons. The molecular formula is C29H29NSi. The summed E-state index contributed by atoms with van der Waals surface area (Å²) in [6.07, 6.45) is 0. The van der Waals surface area contributed by atoms with Crippen molar-refractivity contribution in [1.82, 2.24) is 0 Å². The standard InChI is InChI=1S/C29H29NSi/c1-22-18-20-24(21-19-22)31(23-12-6-5-7-13-23)27-16-10-8-14-25(27)30(29(2,3)4)26-15-9-11-17-28(26)31/h5-21H,1-4H3. The third kappa shape index (κ3) is 2.97. The van der Waals surface area contributed by atoms with Gasteiger partial charge in [-0.2, -0.15) is 0 Å². The molecule has 0 atom stereocenters. The summed E-state index contributed by atoms with van der Waals surface area (Å²) in [6.45, 7) is 9.10. The van der Waals surface area contributed by atoms with E-state index in [2.05, 4.69) is 136 Å². The van der Waals surface area contributed by atoms with Crippen molar-refractivity contribution in [3.8, 4) is 0 Å². The lowest BCUT2D eigenvalue weighted by atomic mass is 10.0. The fourth-order valence-electron chi connectivity index (χ4n) is 5.25. The van der Waals surface area contributed by atoms with Gasteiger partial charge in [-0.05, 0) is 60.6 Å². The molecule has 2 heteroatoms. The van der Waals surface area contributed by atoms with Crippen molar-refractivity contribution in [1.29, 1.82) is 0 Å². The smallest absolute Gasteiger partial charge is 0.183 e. The van der Waals surface area contributed by atoms with Crippen LogP contribution >= 0.6 is 0 Å². The van der Waals surface area contributed by atoms with Gasteiger partial charge < -0.3 is 4.90 Å². The van der Waals surface area contributed by atoms with Crippen LogP contribution in [0.3, 0.4) is 0 Å². The van der Waals surface area contributed by atoms with Crippen molar-refractivity contribution in [2.45, 2.75) is 33.2 Å². The zero-order valence-corrected chi connectivity index (χ0v) is 19.8. The molecule has 1 heterocycles. The first kappa shape index (κ1) is 19.8. The monoisotopic (exact) mass is 419 g/mol. The molecule has 154 valence electrons. The molecule has 0 fully saturated rings. The van der Waals surface area contributed by atoms with E-state index >= 15 is 0 Å². The Morgan fingerprint density at radius 1 is 0.548 bits per heavy atom. The van der Waals surface area contributed by atoms with Gasteiger partial charge in [0.2, 0.25) is 0 Å². The number of nitrogens with zero attached hydrogens (tertiary/aromatic N) is 1. The first-order chi connectivity index (χ1) is 14.9. The lowest BCUT2D eigenvalue weighted by Gasteiger charge is -2.49. The Labute approximate surface area is 187 Å². The average Bonchev–Trinajstić information content (AvgIpc) is 2.78. The van der Waals surface area contributed by atoms with E-state index in [-0.39, 0.29) is 5.54 Å². The van der Waals surface area contributed by atoms with Gasteiger partial charge >= 0.3 is 0 Å². The van der Waals surface area contributed by atoms with Crippen LogP contribution in [-0.4, -0.2) is 13.6 Å². The van der Waals surface area contributed by atoms with Gasteiger partial charge in [-0.25, -0.2) is 0 Å². The number of aryl methyl sites for hydroxylation is 1. The van der Waals surface area contributed by atoms with Crippen molar-refractivity contribution in [3.05, 3.63) is 109 Å². The first-order valence-corrected chi connectivity index (χ1v) is 13.1. The number of fused-ring (bicyclic) bond motifs is 2. The summed E-state index contributed by atoms with van der Waals surface area (Å²) in [4.78, 5) is 2.54. The molecule has 0 aromatic heterocycles. The lowest BCUT2D eigenvalue weighted by Crippen LogP contribution is -2.78. The van der Waals surface area contributed by atoms with Gasteiger partial charge in [-0.1, -0.05) is 96.6 Å². The Hall–Kier alpha value is -3.10. The SMILES string of the molecule is Cc1ccc([Si]2(c3ccccc3)c3ccccc3N(C(C)(C)C)c3ccccc32)cc1. The van der Waals surface area contributed by atoms with Crippen molar-refractivity contribution >= 4 is 40.2 Å². The molecule has 5 rings (SSSR count). The minimum atomic E-state index is -2.46. The van der Waals surface area contributed by atoms with Crippen LogP contribution in [0.1, 0.15) is 26.3 Å². The van der Waals surface area contributed by atoms with Crippen LogP contribution in [0.2, 0.25) is 0 Å². The number of anilines is 2. The van der Waals surface area contributed by atoms with Gasteiger partial charge in [0.15, 0.2) is 8.07 Å². The molecule has 0 bridgehead atoms. The normalized spacial score (nSPS) is 14.6. The minimum Gasteiger partial charge on any atom is -0.336 e. The highest BCUT2D eigenvalue weighted by atomic mass is 28.3. The summed E-state index contributed by atoms with van der Waals surface area (Å²) < 4.78 is 0. The van der Waals surface area contributed by atoms with E-state index in [0.29, 0.717) is 0 Å². The second-order valence-electron chi connectivity index (χ2n) is 9.52. The maximum Gasteiger partial charge on any atom is 0.183 e. The molecule has 0 unspecified atom stereocenters. The molecular weight excluding hydrogens is 390 g/mol. The van der Waals surface area contributed by atoms with Gasteiger partial charge in [0.1, 0.15) is 0 Å². The number of hydrogen-bond acceptors (Lipinski definition) is 1. The zero-order chi connectivity index (χ0) is 21.6. The second-order valence-corrected chi connectivity index (χ2v) is 13.3. The van der Waals surface area contributed by atoms with Crippen LogP contribution in [0.25, 0.3) is 0 Å². The van der Waals surface area contributed by atoms with Crippen molar-refractivity contribution in [2.75, 3.05) is 4.90 Å². The van der Waals surface area contributed by atoms with E-state index in [1.165, 1.54) is 37.7 Å². The van der Waals surface area contributed by atoms with Gasteiger partial charge in [-0.15, -0.1) is 0 Å². The third-order valence-electron chi connectivity index (χ3n) is 6.46. The Balaban J connectivity index is 1.98. The fourth-order valence-corrected chi connectivity index (χ4v) is 10.3. The molecule has 0 saturated carbocycles. The van der Waals surface area contributed by atoms with E-state index < -0.39 is 8.07 Å². The van der Waals surface area contributed by atoms with Gasteiger partial charge in [0, 0.05) is 16.9 Å². The molecule has 0 aliphatic carbocycles. The fraction of sp³-hybridized carbons (Fsp3) is 0.172. The average molecular weight is 420 g/mol. The van der Waals surface area contributed by atoms with Crippen LogP contribution in [0.4, 0.5) is 11.4 Å². The Morgan fingerprint density at radius 2 is 1.00 bits per heavy atom. The maximum absolute atomic E-state index is 2.54. The summed E-state index contributed by atoms with van der Waals surface area (Å²) in [5, 5.41) is 5.82. The lowest BCUT2D eigenvalue weighted by molar-refractivity contribution is 0.561. The van der Waals surface area contributed by atoms with Crippen LogP contribution in [0, 0.1) is 6.92 Å². The first-order valence-electron chi connectivity index (χ1n) is 11.1. The molecule has 0 saturated heterocycles. The Kier molecular flexibility index (Phi) is 4.64. The van der Waals surface area contributed by atoms with Gasteiger partial charge in [0.05, 0.1) is 0 Å². The molecule has 1 aliphatic rings. The third-order valence-corrected chi connectivity index (χ3v) is 11.3. The Morgan fingerprint density at radius 3 is 1.52 bits per heavy atom. The highest BCUT2D eigenvalue weighted by molar-refractivity contribution is 7.21. The molecule has 0 amide bonds. The second kappa shape index (κ2) is 7.25. The Bertz CT molecular complexity index is 1170. The van der Waals surface area contributed by atoms with Gasteiger partial charge in [0.25, 0.3) is 0 Å². The van der Waals surface area contributed by atoms with Crippen molar-refractivity contribution in [3.63, 3.8) is 0 Å². The molecule has 1 aliphatic heterocycles. The van der Waals surface area contributed by atoms with Crippen LogP contribution in [0.5, 0.6) is 0 Å². The summed E-state index contributed by atoms with van der Waals surface area (Å²) in [7, 11) is -2.46. The van der Waals surface area contributed by atoms with E-state index in [1.807, 2.05) is 0 Å². The number of para-hydroxylation sites is 2. The summed E-state index contributed by atoms with van der Waals surface area (Å²) >= 11 is 0. The quantitative estimate of drug-likeness (QED) is 0.429. The number of rotatable bonds is 2. The highest BCUT2D eigenvalue weighted by Crippen LogP contribution is 2.37. The molecule has 1 nitrogen and oxygen atoms in total. The summed E-state index contributed by atoms with van der Waals surface area (Å²) in [5.74, 6) is 0. The van der Waals surface area contributed by atoms with E-state index in [4.69, 9.17) is 0 Å². The highest BCUT2D eigenvalue weighted by Gasteiger charge is 2.49. The maximum atomic E-state index is 2.54. The largest absolute Gasteiger partial charge is 0.336 e. The zero-order valence-electron chi connectivity index (χ0n) is 18.8. The molecule has 4 aromatic carbocycles. The predicted molar refractivity (Wildman–Crippen MR) is 137 cm³/mol. The van der Waals surface area contributed by atoms with Crippen molar-refractivity contribution in [2.24, 2.45) is 0 Å². The minimum absolute atomic E-state index is 0.0310.